The first-order valence-electron chi connectivity index (χ1n) is 10.4. The highest BCUT2D eigenvalue weighted by Gasteiger charge is 2.15. The first kappa shape index (κ1) is 20.9. The molecule has 28 heavy (non-hydrogen) atoms. The minimum absolute atomic E-state index is 0.0324. The van der Waals surface area contributed by atoms with Gasteiger partial charge in [-0.25, -0.2) is 0 Å². The van der Waals surface area contributed by atoms with Crippen molar-refractivity contribution in [2.45, 2.75) is 43.8 Å². The molecule has 0 aromatic heterocycles. The Morgan fingerprint density at radius 3 is 2.43 bits per heavy atom. The third-order valence-corrected chi connectivity index (χ3v) is 6.54. The summed E-state index contributed by atoms with van der Waals surface area (Å²) in [6.45, 7) is 8.68. The molecule has 150 valence electrons. The predicted molar refractivity (Wildman–Crippen MR) is 119 cm³/mol. The van der Waals surface area contributed by atoms with E-state index in [0.29, 0.717) is 0 Å². The fourth-order valence-electron chi connectivity index (χ4n) is 3.45. The molecule has 0 unspecified atom stereocenters. The van der Waals surface area contributed by atoms with Gasteiger partial charge in [0.1, 0.15) is 0 Å². The number of rotatable bonds is 8. The number of carbonyl (C=O) groups is 1. The molecule has 1 amide bonds. The summed E-state index contributed by atoms with van der Waals surface area (Å²) in [6.07, 6.45) is 3.63. The van der Waals surface area contributed by atoms with Gasteiger partial charge in [-0.15, -0.1) is 11.8 Å². The van der Waals surface area contributed by atoms with Gasteiger partial charge in [0, 0.05) is 22.8 Å². The molecule has 2 aromatic carbocycles. The molecular weight excluding hydrogens is 364 g/mol. The van der Waals surface area contributed by atoms with Crippen molar-refractivity contribution in [3.05, 3.63) is 65.2 Å². The Labute approximate surface area is 173 Å². The lowest BCUT2D eigenvalue weighted by Gasteiger charge is -2.30. The van der Waals surface area contributed by atoms with Gasteiger partial charge in [0.15, 0.2) is 0 Å². The number of likely N-dealkylation sites (tertiary alicyclic amines) is 1. The van der Waals surface area contributed by atoms with Crippen LogP contribution in [0.3, 0.4) is 0 Å². The molecule has 1 aliphatic rings. The summed E-state index contributed by atoms with van der Waals surface area (Å²) in [7, 11) is 0. The molecule has 0 aliphatic carbocycles. The Bertz CT molecular complexity index is 734. The van der Waals surface area contributed by atoms with Gasteiger partial charge in [0.2, 0.25) is 0 Å². The maximum atomic E-state index is 12.3. The van der Waals surface area contributed by atoms with Crippen molar-refractivity contribution in [2.75, 3.05) is 26.2 Å². The maximum Gasteiger partial charge on any atom is 0.251 e. The molecule has 1 saturated heterocycles. The van der Waals surface area contributed by atoms with E-state index in [4.69, 9.17) is 0 Å². The van der Waals surface area contributed by atoms with Gasteiger partial charge in [-0.05, 0) is 81.6 Å². The summed E-state index contributed by atoms with van der Waals surface area (Å²) >= 11 is 1.82. The summed E-state index contributed by atoms with van der Waals surface area (Å²) in [6, 6.07) is 16.6. The van der Waals surface area contributed by atoms with Crippen LogP contribution in [0.25, 0.3) is 0 Å². The van der Waals surface area contributed by atoms with E-state index in [1.807, 2.05) is 23.9 Å². The summed E-state index contributed by atoms with van der Waals surface area (Å²) < 4.78 is 0. The average Bonchev–Trinajstić information content (AvgIpc) is 2.72. The zero-order valence-corrected chi connectivity index (χ0v) is 17.9. The highest BCUT2D eigenvalue weighted by molar-refractivity contribution is 7.98. The second-order valence-corrected chi connectivity index (χ2v) is 8.98. The van der Waals surface area contributed by atoms with Crippen LogP contribution >= 0.6 is 11.8 Å². The van der Waals surface area contributed by atoms with Gasteiger partial charge in [0.05, 0.1) is 0 Å². The van der Waals surface area contributed by atoms with Crippen molar-refractivity contribution in [3.8, 4) is 0 Å². The Hall–Kier alpha value is -1.78. The molecule has 0 radical (unpaired) electrons. The third-order valence-electron chi connectivity index (χ3n) is 5.46. The van der Waals surface area contributed by atoms with Crippen LogP contribution in [0.5, 0.6) is 0 Å². The lowest BCUT2D eigenvalue weighted by atomic mass is 9.99. The molecule has 1 fully saturated rings. The van der Waals surface area contributed by atoms with Gasteiger partial charge in [0.25, 0.3) is 5.91 Å². The van der Waals surface area contributed by atoms with E-state index in [-0.39, 0.29) is 5.91 Å². The van der Waals surface area contributed by atoms with Crippen molar-refractivity contribution in [2.24, 2.45) is 5.92 Å². The number of aryl methyl sites for hydroxylation is 1. The lowest BCUT2D eigenvalue weighted by molar-refractivity contribution is 0.0950. The quantitative estimate of drug-likeness (QED) is 0.495. The highest BCUT2D eigenvalue weighted by atomic mass is 32.2. The molecule has 3 nitrogen and oxygen atoms in total. The zero-order chi connectivity index (χ0) is 19.8. The summed E-state index contributed by atoms with van der Waals surface area (Å²) in [4.78, 5) is 16.1. The molecule has 3 rings (SSSR count). The van der Waals surface area contributed by atoms with Gasteiger partial charge >= 0.3 is 0 Å². The summed E-state index contributed by atoms with van der Waals surface area (Å²) in [5.74, 6) is 1.82. The van der Waals surface area contributed by atoms with E-state index < -0.39 is 0 Å². The normalized spacial score (nSPS) is 15.5. The van der Waals surface area contributed by atoms with Crippen molar-refractivity contribution < 1.29 is 4.79 Å². The molecule has 1 aliphatic heterocycles. The van der Waals surface area contributed by atoms with Crippen LogP contribution < -0.4 is 5.32 Å². The Balaban J connectivity index is 1.36. The molecule has 0 atom stereocenters. The second-order valence-electron chi connectivity index (χ2n) is 7.93. The van der Waals surface area contributed by atoms with Gasteiger partial charge in [-0.1, -0.05) is 36.8 Å². The third kappa shape index (κ3) is 6.68. The number of hydrogen-bond donors (Lipinski definition) is 1. The minimum Gasteiger partial charge on any atom is -0.352 e. The Morgan fingerprint density at radius 2 is 1.75 bits per heavy atom. The second kappa shape index (κ2) is 10.7. The Kier molecular flexibility index (Phi) is 7.99. The van der Waals surface area contributed by atoms with E-state index in [9.17, 15) is 4.79 Å². The van der Waals surface area contributed by atoms with Crippen LogP contribution in [-0.4, -0.2) is 37.0 Å². The number of nitrogens with one attached hydrogen (secondary N) is 1. The topological polar surface area (TPSA) is 32.3 Å². The summed E-state index contributed by atoms with van der Waals surface area (Å²) in [5.41, 5.74) is 3.27. The number of piperidine rings is 1. The molecule has 0 saturated carbocycles. The van der Waals surface area contributed by atoms with Crippen LogP contribution in [0, 0.1) is 12.8 Å². The molecule has 0 spiro atoms. The standard InChI is InChI=1S/C24H32N2OS/c1-19-4-10-23(11-5-19)28-18-21-6-8-22(9-7-21)24(27)25-14-3-15-26-16-12-20(2)13-17-26/h4-11,20H,3,12-18H2,1-2H3,(H,25,27). The fourth-order valence-corrected chi connectivity index (χ4v) is 4.30. The first-order chi connectivity index (χ1) is 13.6. The number of carbonyl (C=O) groups excluding carboxylic acids is 1. The molecule has 2 aromatic rings. The van der Waals surface area contributed by atoms with Crippen LogP contribution in [0.15, 0.2) is 53.4 Å². The monoisotopic (exact) mass is 396 g/mol. The SMILES string of the molecule is Cc1ccc(SCc2ccc(C(=O)NCCCN3CCC(C)CC3)cc2)cc1. The molecule has 1 N–H and O–H groups in total. The van der Waals surface area contributed by atoms with Crippen molar-refractivity contribution in [3.63, 3.8) is 0 Å². The van der Waals surface area contributed by atoms with E-state index in [1.54, 1.807) is 0 Å². The number of amides is 1. The first-order valence-corrected chi connectivity index (χ1v) is 11.4. The smallest absolute Gasteiger partial charge is 0.251 e. The summed E-state index contributed by atoms with van der Waals surface area (Å²) in [5, 5.41) is 3.06. The van der Waals surface area contributed by atoms with E-state index in [1.165, 1.54) is 42.0 Å². The van der Waals surface area contributed by atoms with Gasteiger partial charge < -0.3 is 10.2 Å². The van der Waals surface area contributed by atoms with Crippen LogP contribution in [0.1, 0.15) is 47.7 Å². The average molecular weight is 397 g/mol. The van der Waals surface area contributed by atoms with Crippen LogP contribution in [0.4, 0.5) is 0 Å². The number of thioether (sulfide) groups is 1. The van der Waals surface area contributed by atoms with Crippen molar-refractivity contribution in [1.82, 2.24) is 10.2 Å². The van der Waals surface area contributed by atoms with E-state index in [0.717, 1.165) is 36.7 Å². The van der Waals surface area contributed by atoms with Crippen LogP contribution in [-0.2, 0) is 5.75 Å². The fraction of sp³-hybridized carbons (Fsp3) is 0.458. The number of nitrogens with zero attached hydrogens (tertiary/aromatic N) is 1. The maximum absolute atomic E-state index is 12.3. The Morgan fingerprint density at radius 1 is 1.07 bits per heavy atom. The molecular formula is C24H32N2OS. The van der Waals surface area contributed by atoms with Gasteiger partial charge in [-0.2, -0.15) is 0 Å². The lowest BCUT2D eigenvalue weighted by Crippen LogP contribution is -2.35. The highest BCUT2D eigenvalue weighted by Crippen LogP contribution is 2.23. The zero-order valence-electron chi connectivity index (χ0n) is 17.1. The van der Waals surface area contributed by atoms with Crippen molar-refractivity contribution in [1.29, 1.82) is 0 Å². The molecule has 1 heterocycles. The number of benzene rings is 2. The molecule has 0 bridgehead atoms. The number of hydrogen-bond acceptors (Lipinski definition) is 3. The van der Waals surface area contributed by atoms with E-state index in [2.05, 4.69) is 60.5 Å². The van der Waals surface area contributed by atoms with E-state index >= 15 is 0 Å². The van der Waals surface area contributed by atoms with Crippen molar-refractivity contribution >= 4 is 17.7 Å². The molecule has 4 heteroatoms. The van der Waals surface area contributed by atoms with Crippen LogP contribution in [0.2, 0.25) is 0 Å². The minimum atomic E-state index is 0.0324. The van der Waals surface area contributed by atoms with Gasteiger partial charge in [-0.3, -0.25) is 4.79 Å². The predicted octanol–water partition coefficient (Wildman–Crippen LogP) is 5.14. The largest absolute Gasteiger partial charge is 0.352 e.